The van der Waals surface area contributed by atoms with Gasteiger partial charge in [0.15, 0.2) is 0 Å². The molecule has 0 bridgehead atoms. The van der Waals surface area contributed by atoms with Gasteiger partial charge in [-0.2, -0.15) is 0 Å². The van der Waals surface area contributed by atoms with Crippen molar-refractivity contribution in [1.29, 1.82) is 0 Å². The van der Waals surface area contributed by atoms with Crippen LogP contribution >= 0.6 is 0 Å². The predicted octanol–water partition coefficient (Wildman–Crippen LogP) is 3.52. The standard InChI is InChI=1S/C21H28N2O/c1-22(2)19-10-13-24-21(14-19)11-12-23(16-21)15-18-8-5-7-17-6-3-4-9-20(17)18/h3-9,19H,10-16H2,1-2H3/t19-,21-/m0/s1. The largest absolute Gasteiger partial charge is 0.373 e. The van der Waals surface area contributed by atoms with E-state index in [0.717, 1.165) is 32.7 Å². The van der Waals surface area contributed by atoms with Crippen molar-refractivity contribution in [3.05, 3.63) is 48.0 Å². The molecule has 2 saturated heterocycles. The lowest BCUT2D eigenvalue weighted by Gasteiger charge is -2.40. The number of fused-ring (bicyclic) bond motifs is 1. The van der Waals surface area contributed by atoms with Gasteiger partial charge < -0.3 is 9.64 Å². The smallest absolute Gasteiger partial charge is 0.0835 e. The lowest BCUT2D eigenvalue weighted by atomic mass is 9.89. The Labute approximate surface area is 145 Å². The summed E-state index contributed by atoms with van der Waals surface area (Å²) >= 11 is 0. The van der Waals surface area contributed by atoms with E-state index in [1.54, 1.807) is 0 Å². The topological polar surface area (TPSA) is 15.7 Å². The number of benzene rings is 2. The van der Waals surface area contributed by atoms with Gasteiger partial charge in [-0.3, -0.25) is 4.90 Å². The fourth-order valence-corrected chi connectivity index (χ4v) is 4.46. The summed E-state index contributed by atoms with van der Waals surface area (Å²) in [7, 11) is 4.40. The molecule has 0 aliphatic carbocycles. The highest BCUT2D eigenvalue weighted by atomic mass is 16.5. The summed E-state index contributed by atoms with van der Waals surface area (Å²) in [6, 6.07) is 16.0. The zero-order chi connectivity index (χ0) is 16.6. The number of ether oxygens (including phenoxy) is 1. The van der Waals surface area contributed by atoms with E-state index in [4.69, 9.17) is 4.74 Å². The van der Waals surface area contributed by atoms with Crippen molar-refractivity contribution in [3.8, 4) is 0 Å². The Balaban J connectivity index is 1.49. The van der Waals surface area contributed by atoms with Gasteiger partial charge in [0, 0.05) is 32.3 Å². The molecule has 2 fully saturated rings. The first kappa shape index (κ1) is 16.1. The highest BCUT2D eigenvalue weighted by molar-refractivity contribution is 5.85. The fraction of sp³-hybridized carbons (Fsp3) is 0.524. The van der Waals surface area contributed by atoms with Crippen molar-refractivity contribution in [3.63, 3.8) is 0 Å². The van der Waals surface area contributed by atoms with Gasteiger partial charge in [-0.1, -0.05) is 42.5 Å². The van der Waals surface area contributed by atoms with Crippen LogP contribution in [0.4, 0.5) is 0 Å². The van der Waals surface area contributed by atoms with Crippen LogP contribution in [-0.2, 0) is 11.3 Å². The van der Waals surface area contributed by atoms with E-state index in [0.29, 0.717) is 6.04 Å². The van der Waals surface area contributed by atoms with Crippen LogP contribution in [0.15, 0.2) is 42.5 Å². The Morgan fingerprint density at radius 3 is 2.88 bits per heavy atom. The summed E-state index contributed by atoms with van der Waals surface area (Å²) in [5, 5.41) is 2.72. The molecule has 2 atom stereocenters. The van der Waals surface area contributed by atoms with Gasteiger partial charge in [0.05, 0.1) is 5.60 Å². The molecule has 24 heavy (non-hydrogen) atoms. The molecule has 0 N–H and O–H groups in total. The van der Waals surface area contributed by atoms with E-state index in [1.807, 2.05) is 0 Å². The third-order valence-corrected chi connectivity index (χ3v) is 5.87. The number of likely N-dealkylation sites (tertiary alicyclic amines) is 1. The summed E-state index contributed by atoms with van der Waals surface area (Å²) in [6.45, 7) is 4.15. The molecule has 1 spiro atoms. The first-order chi connectivity index (χ1) is 11.7. The van der Waals surface area contributed by atoms with Crippen molar-refractivity contribution < 1.29 is 4.74 Å². The quantitative estimate of drug-likeness (QED) is 0.859. The molecule has 0 unspecified atom stereocenters. The lowest BCUT2D eigenvalue weighted by Crippen LogP contribution is -2.48. The molecule has 2 heterocycles. The molecule has 2 aromatic rings. The summed E-state index contributed by atoms with van der Waals surface area (Å²) in [4.78, 5) is 4.96. The van der Waals surface area contributed by atoms with Crippen LogP contribution in [0.25, 0.3) is 10.8 Å². The molecule has 0 radical (unpaired) electrons. The van der Waals surface area contributed by atoms with Crippen molar-refractivity contribution in [1.82, 2.24) is 9.80 Å². The van der Waals surface area contributed by atoms with Crippen molar-refractivity contribution in [2.75, 3.05) is 33.8 Å². The van der Waals surface area contributed by atoms with Gasteiger partial charge in [-0.25, -0.2) is 0 Å². The second-order valence-corrected chi connectivity index (χ2v) is 7.74. The molecule has 2 aromatic carbocycles. The second kappa shape index (κ2) is 6.47. The van der Waals surface area contributed by atoms with Gasteiger partial charge in [0.1, 0.15) is 0 Å². The van der Waals surface area contributed by atoms with E-state index in [-0.39, 0.29) is 5.60 Å². The van der Waals surface area contributed by atoms with Crippen LogP contribution in [0, 0.1) is 0 Å². The highest BCUT2D eigenvalue weighted by Crippen LogP contribution is 2.36. The second-order valence-electron chi connectivity index (χ2n) is 7.74. The Morgan fingerprint density at radius 1 is 1.17 bits per heavy atom. The number of hydrogen-bond acceptors (Lipinski definition) is 3. The van der Waals surface area contributed by atoms with E-state index in [2.05, 4.69) is 66.4 Å². The van der Waals surface area contributed by atoms with Gasteiger partial charge in [0.2, 0.25) is 0 Å². The molecule has 2 aliphatic heterocycles. The lowest BCUT2D eigenvalue weighted by molar-refractivity contribution is -0.0931. The van der Waals surface area contributed by atoms with Gasteiger partial charge in [0.25, 0.3) is 0 Å². The molecular formula is C21H28N2O. The Bertz CT molecular complexity index is 709. The predicted molar refractivity (Wildman–Crippen MR) is 99.2 cm³/mol. The van der Waals surface area contributed by atoms with Crippen molar-refractivity contribution >= 4 is 10.8 Å². The first-order valence-corrected chi connectivity index (χ1v) is 9.15. The average molecular weight is 324 g/mol. The third-order valence-electron chi connectivity index (χ3n) is 5.87. The minimum Gasteiger partial charge on any atom is -0.373 e. The van der Waals surface area contributed by atoms with Crippen LogP contribution in [0.1, 0.15) is 24.8 Å². The summed E-state index contributed by atoms with van der Waals surface area (Å²) in [6.07, 6.45) is 3.51. The third kappa shape index (κ3) is 3.08. The minimum atomic E-state index is 0.0811. The zero-order valence-electron chi connectivity index (χ0n) is 14.9. The normalized spacial score (nSPS) is 28.2. The summed E-state index contributed by atoms with van der Waals surface area (Å²) in [5.41, 5.74) is 1.52. The Morgan fingerprint density at radius 2 is 2.00 bits per heavy atom. The number of hydrogen-bond donors (Lipinski definition) is 0. The maximum Gasteiger partial charge on any atom is 0.0835 e. The zero-order valence-corrected chi connectivity index (χ0v) is 14.9. The summed E-state index contributed by atoms with van der Waals surface area (Å²) in [5.74, 6) is 0. The van der Waals surface area contributed by atoms with Gasteiger partial charge >= 0.3 is 0 Å². The van der Waals surface area contributed by atoms with Crippen LogP contribution < -0.4 is 0 Å². The molecule has 4 rings (SSSR count). The fourth-order valence-electron chi connectivity index (χ4n) is 4.46. The SMILES string of the molecule is CN(C)[C@H]1CCO[C@@]2(CCN(Cc3cccc4ccccc34)C2)C1. The summed E-state index contributed by atoms with van der Waals surface area (Å²) < 4.78 is 6.29. The Kier molecular flexibility index (Phi) is 4.33. The van der Waals surface area contributed by atoms with E-state index in [1.165, 1.54) is 29.2 Å². The molecular weight excluding hydrogens is 296 g/mol. The van der Waals surface area contributed by atoms with E-state index in [9.17, 15) is 0 Å². The molecule has 0 aromatic heterocycles. The molecule has 3 heteroatoms. The number of nitrogens with zero attached hydrogens (tertiary/aromatic N) is 2. The number of rotatable bonds is 3. The van der Waals surface area contributed by atoms with Crippen molar-refractivity contribution in [2.45, 2.75) is 37.5 Å². The molecule has 0 amide bonds. The van der Waals surface area contributed by atoms with Crippen LogP contribution in [0.2, 0.25) is 0 Å². The van der Waals surface area contributed by atoms with Gasteiger partial charge in [-0.05, 0) is 49.7 Å². The van der Waals surface area contributed by atoms with Crippen LogP contribution in [0.3, 0.4) is 0 Å². The Hall–Kier alpha value is -1.42. The molecule has 3 nitrogen and oxygen atoms in total. The van der Waals surface area contributed by atoms with Crippen molar-refractivity contribution in [2.24, 2.45) is 0 Å². The van der Waals surface area contributed by atoms with Crippen LogP contribution in [-0.4, -0.2) is 55.2 Å². The average Bonchev–Trinajstić information content (AvgIpc) is 2.97. The van der Waals surface area contributed by atoms with E-state index >= 15 is 0 Å². The van der Waals surface area contributed by atoms with Gasteiger partial charge in [-0.15, -0.1) is 0 Å². The molecule has 0 saturated carbocycles. The molecule has 128 valence electrons. The van der Waals surface area contributed by atoms with Crippen LogP contribution in [0.5, 0.6) is 0 Å². The minimum absolute atomic E-state index is 0.0811. The monoisotopic (exact) mass is 324 g/mol. The first-order valence-electron chi connectivity index (χ1n) is 9.15. The maximum atomic E-state index is 6.29. The maximum absolute atomic E-state index is 6.29. The molecule has 2 aliphatic rings. The van der Waals surface area contributed by atoms with E-state index < -0.39 is 0 Å². The highest BCUT2D eigenvalue weighted by Gasteiger charge is 2.43.